The lowest BCUT2D eigenvalue weighted by atomic mass is 10.0. The minimum Gasteiger partial charge on any atom is -0.467 e. The third-order valence-electron chi connectivity index (χ3n) is 4.16. The van der Waals surface area contributed by atoms with Gasteiger partial charge in [-0.25, -0.2) is 9.18 Å². The third kappa shape index (κ3) is 3.88. The predicted octanol–water partition coefficient (Wildman–Crippen LogP) is 3.49. The van der Waals surface area contributed by atoms with Crippen LogP contribution < -0.4 is 5.32 Å². The lowest BCUT2D eigenvalue weighted by Gasteiger charge is -2.17. The molecule has 1 amide bonds. The SMILES string of the molecule is COC(=O)[C@@H](Cc1ccc2ccccc2c1)NC(=O)c1ccccc1F. The van der Waals surface area contributed by atoms with E-state index in [4.69, 9.17) is 4.74 Å². The summed E-state index contributed by atoms with van der Waals surface area (Å²) in [4.78, 5) is 24.4. The maximum absolute atomic E-state index is 13.8. The highest BCUT2D eigenvalue weighted by Gasteiger charge is 2.23. The Bertz CT molecular complexity index is 955. The maximum Gasteiger partial charge on any atom is 0.328 e. The number of nitrogens with one attached hydrogen (secondary N) is 1. The van der Waals surface area contributed by atoms with Crippen molar-refractivity contribution >= 4 is 22.6 Å². The monoisotopic (exact) mass is 351 g/mol. The molecule has 0 saturated carbocycles. The van der Waals surface area contributed by atoms with Gasteiger partial charge in [0.1, 0.15) is 11.9 Å². The van der Waals surface area contributed by atoms with Crippen LogP contribution in [-0.2, 0) is 16.0 Å². The number of benzene rings is 3. The van der Waals surface area contributed by atoms with Gasteiger partial charge in [-0.05, 0) is 28.5 Å². The van der Waals surface area contributed by atoms with E-state index in [-0.39, 0.29) is 12.0 Å². The first-order valence-electron chi connectivity index (χ1n) is 8.19. The number of halogens is 1. The Morgan fingerprint density at radius 2 is 1.69 bits per heavy atom. The molecule has 4 nitrogen and oxygen atoms in total. The van der Waals surface area contributed by atoms with Gasteiger partial charge in [-0.1, -0.05) is 54.6 Å². The zero-order chi connectivity index (χ0) is 18.5. The minimum absolute atomic E-state index is 0.111. The zero-order valence-corrected chi connectivity index (χ0v) is 14.2. The van der Waals surface area contributed by atoms with Crippen molar-refractivity contribution in [1.82, 2.24) is 5.32 Å². The Labute approximate surface area is 150 Å². The Balaban J connectivity index is 1.82. The molecule has 5 heteroatoms. The number of rotatable bonds is 5. The highest BCUT2D eigenvalue weighted by Crippen LogP contribution is 2.17. The Morgan fingerprint density at radius 1 is 1.00 bits per heavy atom. The molecule has 0 bridgehead atoms. The van der Waals surface area contributed by atoms with E-state index in [1.54, 1.807) is 6.07 Å². The molecule has 0 heterocycles. The standard InChI is InChI=1S/C21H18FNO3/c1-26-21(25)19(23-20(24)17-8-4-5-9-18(17)22)13-14-10-11-15-6-2-3-7-16(15)12-14/h2-12,19H,13H2,1H3,(H,23,24)/t19-/m1/s1. The molecule has 3 aromatic carbocycles. The molecule has 0 spiro atoms. The maximum atomic E-state index is 13.8. The molecule has 26 heavy (non-hydrogen) atoms. The average Bonchev–Trinajstić information content (AvgIpc) is 2.67. The van der Waals surface area contributed by atoms with Crippen molar-refractivity contribution in [1.29, 1.82) is 0 Å². The van der Waals surface area contributed by atoms with Gasteiger partial charge in [0.2, 0.25) is 0 Å². The van der Waals surface area contributed by atoms with E-state index in [1.165, 1.54) is 25.3 Å². The number of carbonyl (C=O) groups excluding carboxylic acids is 2. The highest BCUT2D eigenvalue weighted by atomic mass is 19.1. The van der Waals surface area contributed by atoms with Crippen molar-refractivity contribution in [2.75, 3.05) is 7.11 Å². The van der Waals surface area contributed by atoms with Crippen LogP contribution in [0.2, 0.25) is 0 Å². The van der Waals surface area contributed by atoms with Crippen LogP contribution in [0.25, 0.3) is 10.8 Å². The zero-order valence-electron chi connectivity index (χ0n) is 14.2. The molecule has 0 fully saturated rings. The van der Waals surface area contributed by atoms with Crippen LogP contribution in [0, 0.1) is 5.82 Å². The molecule has 0 aliphatic heterocycles. The molecular weight excluding hydrogens is 333 g/mol. The summed E-state index contributed by atoms with van der Waals surface area (Å²) in [5.41, 5.74) is 0.757. The van der Waals surface area contributed by atoms with Crippen LogP contribution in [0.5, 0.6) is 0 Å². The number of fused-ring (bicyclic) bond motifs is 1. The van der Waals surface area contributed by atoms with E-state index in [1.807, 2.05) is 42.5 Å². The summed E-state index contributed by atoms with van der Waals surface area (Å²) in [6, 6.07) is 18.4. The fourth-order valence-electron chi connectivity index (χ4n) is 2.82. The predicted molar refractivity (Wildman–Crippen MR) is 97.3 cm³/mol. The molecule has 0 unspecified atom stereocenters. The molecule has 0 aromatic heterocycles. The van der Waals surface area contributed by atoms with Crippen LogP contribution in [0.15, 0.2) is 66.7 Å². The van der Waals surface area contributed by atoms with Crippen LogP contribution in [0.1, 0.15) is 15.9 Å². The summed E-state index contributed by atoms with van der Waals surface area (Å²) in [5, 5.41) is 4.69. The first kappa shape index (κ1) is 17.6. The summed E-state index contributed by atoms with van der Waals surface area (Å²) in [7, 11) is 1.25. The lowest BCUT2D eigenvalue weighted by Crippen LogP contribution is -2.43. The van der Waals surface area contributed by atoms with Crippen molar-refractivity contribution < 1.29 is 18.7 Å². The molecule has 1 atom stereocenters. The number of ether oxygens (including phenoxy) is 1. The topological polar surface area (TPSA) is 55.4 Å². The van der Waals surface area contributed by atoms with Gasteiger partial charge >= 0.3 is 5.97 Å². The van der Waals surface area contributed by atoms with E-state index < -0.39 is 23.7 Å². The summed E-state index contributed by atoms with van der Waals surface area (Å²) in [6.07, 6.45) is 0.248. The Morgan fingerprint density at radius 3 is 2.42 bits per heavy atom. The molecule has 132 valence electrons. The second kappa shape index (κ2) is 7.78. The van der Waals surface area contributed by atoms with Gasteiger partial charge in [0.15, 0.2) is 0 Å². The van der Waals surface area contributed by atoms with E-state index in [0.29, 0.717) is 0 Å². The minimum atomic E-state index is -0.909. The van der Waals surface area contributed by atoms with Gasteiger partial charge in [0.05, 0.1) is 12.7 Å². The van der Waals surface area contributed by atoms with Crippen molar-refractivity contribution in [3.63, 3.8) is 0 Å². The number of carbonyl (C=O) groups is 2. The number of esters is 1. The molecule has 0 radical (unpaired) electrons. The third-order valence-corrected chi connectivity index (χ3v) is 4.16. The van der Waals surface area contributed by atoms with Crippen molar-refractivity contribution in [2.24, 2.45) is 0 Å². The number of hydrogen-bond acceptors (Lipinski definition) is 3. The number of hydrogen-bond donors (Lipinski definition) is 1. The van der Waals surface area contributed by atoms with Gasteiger partial charge in [0, 0.05) is 6.42 Å². The second-order valence-corrected chi connectivity index (χ2v) is 5.91. The summed E-state index contributed by atoms with van der Waals surface area (Å²) in [6.45, 7) is 0. The molecule has 1 N–H and O–H groups in total. The Hall–Kier alpha value is -3.21. The smallest absolute Gasteiger partial charge is 0.328 e. The molecule has 3 aromatic rings. The van der Waals surface area contributed by atoms with E-state index in [9.17, 15) is 14.0 Å². The largest absolute Gasteiger partial charge is 0.467 e. The highest BCUT2D eigenvalue weighted by molar-refractivity contribution is 5.97. The summed E-state index contributed by atoms with van der Waals surface area (Å²) in [5.74, 6) is -1.87. The van der Waals surface area contributed by atoms with Crippen molar-refractivity contribution in [2.45, 2.75) is 12.5 Å². The summed E-state index contributed by atoms with van der Waals surface area (Å²) < 4.78 is 18.6. The lowest BCUT2D eigenvalue weighted by molar-refractivity contribution is -0.142. The first-order valence-corrected chi connectivity index (χ1v) is 8.19. The quantitative estimate of drug-likeness (QED) is 0.716. The van der Waals surface area contributed by atoms with Gasteiger partial charge in [-0.3, -0.25) is 4.79 Å². The van der Waals surface area contributed by atoms with Crippen LogP contribution in [0.4, 0.5) is 4.39 Å². The van der Waals surface area contributed by atoms with Crippen LogP contribution in [-0.4, -0.2) is 25.0 Å². The molecule has 0 aliphatic carbocycles. The van der Waals surface area contributed by atoms with Gasteiger partial charge in [-0.15, -0.1) is 0 Å². The second-order valence-electron chi connectivity index (χ2n) is 5.91. The van der Waals surface area contributed by atoms with E-state index in [2.05, 4.69) is 5.32 Å². The molecule has 0 aliphatic rings. The van der Waals surface area contributed by atoms with Crippen LogP contribution in [0.3, 0.4) is 0 Å². The molecular formula is C21H18FNO3. The molecule has 0 saturated heterocycles. The van der Waals surface area contributed by atoms with E-state index >= 15 is 0 Å². The van der Waals surface area contributed by atoms with Gasteiger partial charge in [0.25, 0.3) is 5.91 Å². The van der Waals surface area contributed by atoms with Crippen molar-refractivity contribution in [3.05, 3.63) is 83.7 Å². The van der Waals surface area contributed by atoms with Gasteiger partial charge in [-0.2, -0.15) is 0 Å². The fraction of sp³-hybridized carbons (Fsp3) is 0.143. The normalized spacial score (nSPS) is 11.8. The summed E-state index contributed by atoms with van der Waals surface area (Å²) >= 11 is 0. The van der Waals surface area contributed by atoms with Crippen molar-refractivity contribution in [3.8, 4) is 0 Å². The van der Waals surface area contributed by atoms with E-state index in [0.717, 1.165) is 16.3 Å². The number of amides is 1. The number of methoxy groups -OCH3 is 1. The first-order chi connectivity index (χ1) is 12.6. The van der Waals surface area contributed by atoms with Crippen LogP contribution >= 0.6 is 0 Å². The average molecular weight is 351 g/mol. The van der Waals surface area contributed by atoms with Gasteiger partial charge < -0.3 is 10.1 Å². The fourth-order valence-corrected chi connectivity index (χ4v) is 2.82. The Kier molecular flexibility index (Phi) is 5.27. The molecule has 3 rings (SSSR count).